The smallest absolute Gasteiger partial charge is 0.548 e. The maximum atomic E-state index is 12.0. The molecule has 2 aliphatic heterocycles. The van der Waals surface area contributed by atoms with E-state index in [0.29, 0.717) is 31.0 Å². The molecule has 2 unspecified atom stereocenters. The molecule has 0 amide bonds. The second kappa shape index (κ2) is 16.8. The fraction of sp³-hybridized carbons (Fsp3) is 0.774. The van der Waals surface area contributed by atoms with Crippen molar-refractivity contribution >= 4 is 17.7 Å². The van der Waals surface area contributed by atoms with E-state index in [1.165, 1.54) is 56.1 Å². The Morgan fingerprint density at radius 3 is 2.77 bits per heavy atom. The molecule has 39 heavy (non-hydrogen) atoms. The average Bonchev–Trinajstić information content (AvgIpc) is 3.39. The Labute approximate surface area is 253 Å². The first-order chi connectivity index (χ1) is 18.5. The first-order valence-electron chi connectivity index (χ1n) is 15.1. The van der Waals surface area contributed by atoms with Gasteiger partial charge < -0.3 is 25.3 Å². The van der Waals surface area contributed by atoms with Crippen LogP contribution in [-0.2, 0) is 9.53 Å². The minimum atomic E-state index is -0.977. The van der Waals surface area contributed by atoms with Crippen LogP contribution in [0.4, 0.5) is 0 Å². The molecule has 1 aliphatic carbocycles. The molecule has 1 aromatic rings. The normalized spacial score (nSPS) is 27.2. The van der Waals surface area contributed by atoms with Gasteiger partial charge in [-0.15, -0.1) is 0 Å². The molecular formula is C31H50LiN3O3S. The van der Waals surface area contributed by atoms with Gasteiger partial charge in [0.05, 0.1) is 18.7 Å². The molecule has 0 aromatic heterocycles. The zero-order valence-corrected chi connectivity index (χ0v) is 25.5. The summed E-state index contributed by atoms with van der Waals surface area (Å²) in [6.45, 7) is 7.87. The molecule has 4 atom stereocenters. The predicted octanol–water partition coefficient (Wildman–Crippen LogP) is 0.727. The third kappa shape index (κ3) is 9.23. The fourth-order valence-electron chi connectivity index (χ4n) is 7.08. The standard InChI is InChI=1S/C31H51N3O3S.Li/c1-24-9-6-7-13-27(24)28-21-32-17-15-31(28,23-33-29(30(35)36)14-20-38-2)16-19-34-18-8-10-25(34)22-37-26-11-4-3-5-12-26;/h6-7,9,13,25-26,28-29,32-33H,3-5,8,10-12,14-23H2,1-2H3,(H,35,36);/q;+1/p-1/t25-,28?,29-,31?;/m0./s1. The van der Waals surface area contributed by atoms with Crippen LogP contribution >= 0.6 is 11.8 Å². The molecular weight excluding hydrogens is 501 g/mol. The van der Waals surface area contributed by atoms with E-state index in [0.717, 1.165) is 51.4 Å². The SMILES string of the molecule is CSCC[C@H](NCC1(CCN2CCC[C@H]2COC2CCCCC2)CCNCC1c1ccccc1C)C(=O)[O-].[Li+]. The Kier molecular flexibility index (Phi) is 14.2. The number of aliphatic carboxylic acids is 1. The number of nitrogens with one attached hydrogen (secondary N) is 2. The number of rotatable bonds is 14. The van der Waals surface area contributed by atoms with Crippen molar-refractivity contribution in [3.63, 3.8) is 0 Å². The average molecular weight is 552 g/mol. The van der Waals surface area contributed by atoms with Crippen LogP contribution in [0.1, 0.15) is 81.3 Å². The predicted molar refractivity (Wildman–Crippen MR) is 156 cm³/mol. The van der Waals surface area contributed by atoms with Crippen molar-refractivity contribution in [3.8, 4) is 0 Å². The monoisotopic (exact) mass is 551 g/mol. The Morgan fingerprint density at radius 2 is 2.03 bits per heavy atom. The van der Waals surface area contributed by atoms with E-state index in [2.05, 4.69) is 46.7 Å². The maximum Gasteiger partial charge on any atom is 1.00 e. The molecule has 3 fully saturated rings. The van der Waals surface area contributed by atoms with Gasteiger partial charge in [0.1, 0.15) is 0 Å². The molecule has 1 saturated carbocycles. The van der Waals surface area contributed by atoms with Crippen LogP contribution in [0.5, 0.6) is 0 Å². The van der Waals surface area contributed by atoms with Crippen LogP contribution in [-0.4, -0.2) is 80.4 Å². The Morgan fingerprint density at radius 1 is 1.23 bits per heavy atom. The molecule has 2 heterocycles. The number of benzene rings is 1. The summed E-state index contributed by atoms with van der Waals surface area (Å²) in [6.07, 6.45) is 14.1. The van der Waals surface area contributed by atoms with E-state index >= 15 is 0 Å². The Balaban J connectivity index is 0.00000420. The number of carbonyl (C=O) groups is 1. The van der Waals surface area contributed by atoms with E-state index in [1.54, 1.807) is 11.8 Å². The summed E-state index contributed by atoms with van der Waals surface area (Å²) in [6, 6.07) is 8.67. The minimum Gasteiger partial charge on any atom is -0.548 e. The number of nitrogens with zero attached hydrogens (tertiary/aromatic N) is 1. The molecule has 6 nitrogen and oxygen atoms in total. The number of piperidine rings is 1. The number of ether oxygens (including phenoxy) is 1. The zero-order valence-electron chi connectivity index (χ0n) is 24.7. The quantitative estimate of drug-likeness (QED) is 0.330. The van der Waals surface area contributed by atoms with Crippen molar-refractivity contribution in [2.24, 2.45) is 5.41 Å². The number of carbonyl (C=O) groups excluding carboxylic acids is 1. The number of hydrogen-bond acceptors (Lipinski definition) is 7. The van der Waals surface area contributed by atoms with Gasteiger partial charge in [-0.3, -0.25) is 4.90 Å². The number of thioether (sulfide) groups is 1. The molecule has 4 rings (SSSR count). The van der Waals surface area contributed by atoms with Gasteiger partial charge in [0.2, 0.25) is 0 Å². The summed E-state index contributed by atoms with van der Waals surface area (Å²) in [5.74, 6) is 0.181. The van der Waals surface area contributed by atoms with Crippen molar-refractivity contribution in [2.45, 2.75) is 95.2 Å². The molecule has 0 spiro atoms. The van der Waals surface area contributed by atoms with E-state index in [-0.39, 0.29) is 24.3 Å². The molecule has 0 radical (unpaired) electrons. The van der Waals surface area contributed by atoms with Crippen LogP contribution in [0.3, 0.4) is 0 Å². The van der Waals surface area contributed by atoms with E-state index < -0.39 is 12.0 Å². The van der Waals surface area contributed by atoms with Gasteiger partial charge in [0, 0.05) is 31.1 Å². The molecule has 0 bridgehead atoms. The number of likely N-dealkylation sites (tertiary alicyclic amines) is 1. The number of aryl methyl sites for hydroxylation is 1. The molecule has 2 N–H and O–H groups in total. The number of carboxylic acids is 1. The first kappa shape index (κ1) is 33.0. The largest absolute Gasteiger partial charge is 1.00 e. The summed E-state index contributed by atoms with van der Waals surface area (Å²) in [4.78, 5) is 14.7. The van der Waals surface area contributed by atoms with Crippen LogP contribution in [0.2, 0.25) is 0 Å². The van der Waals surface area contributed by atoms with Crippen LogP contribution in [0.25, 0.3) is 0 Å². The molecule has 2 saturated heterocycles. The van der Waals surface area contributed by atoms with Gasteiger partial charge in [-0.1, -0.05) is 43.5 Å². The van der Waals surface area contributed by atoms with Gasteiger partial charge in [-0.05, 0) is 100 Å². The van der Waals surface area contributed by atoms with Crippen molar-refractivity contribution in [1.29, 1.82) is 0 Å². The van der Waals surface area contributed by atoms with E-state index in [9.17, 15) is 9.90 Å². The van der Waals surface area contributed by atoms with Crippen molar-refractivity contribution in [1.82, 2.24) is 15.5 Å². The van der Waals surface area contributed by atoms with Crippen molar-refractivity contribution in [2.75, 3.05) is 51.3 Å². The van der Waals surface area contributed by atoms with Gasteiger partial charge in [-0.2, -0.15) is 11.8 Å². The van der Waals surface area contributed by atoms with Crippen LogP contribution < -0.4 is 34.6 Å². The van der Waals surface area contributed by atoms with Gasteiger partial charge in [0.15, 0.2) is 0 Å². The van der Waals surface area contributed by atoms with E-state index in [4.69, 9.17) is 4.74 Å². The molecule has 3 aliphatic rings. The molecule has 214 valence electrons. The first-order valence-corrected chi connectivity index (χ1v) is 16.5. The minimum absolute atomic E-state index is 0. The van der Waals surface area contributed by atoms with Crippen LogP contribution in [0, 0.1) is 12.3 Å². The summed E-state index contributed by atoms with van der Waals surface area (Å²) in [5, 5.41) is 19.1. The summed E-state index contributed by atoms with van der Waals surface area (Å²) in [5.41, 5.74) is 2.71. The summed E-state index contributed by atoms with van der Waals surface area (Å²) < 4.78 is 6.42. The fourth-order valence-corrected chi connectivity index (χ4v) is 7.55. The van der Waals surface area contributed by atoms with Gasteiger partial charge in [0.25, 0.3) is 0 Å². The van der Waals surface area contributed by atoms with E-state index in [1.807, 2.05) is 6.26 Å². The van der Waals surface area contributed by atoms with Crippen molar-refractivity contribution < 1.29 is 33.5 Å². The number of carboxylic acid groups (broad SMARTS) is 1. The second-order valence-electron chi connectivity index (χ2n) is 11.9. The number of hydrogen-bond donors (Lipinski definition) is 2. The summed E-state index contributed by atoms with van der Waals surface area (Å²) in [7, 11) is 0. The summed E-state index contributed by atoms with van der Waals surface area (Å²) >= 11 is 1.69. The zero-order chi connectivity index (χ0) is 26.8. The van der Waals surface area contributed by atoms with Gasteiger partial charge >= 0.3 is 18.9 Å². The second-order valence-corrected chi connectivity index (χ2v) is 12.9. The molecule has 1 aromatic carbocycles. The van der Waals surface area contributed by atoms with Gasteiger partial charge in [-0.25, -0.2) is 0 Å². The van der Waals surface area contributed by atoms with Crippen LogP contribution in [0.15, 0.2) is 24.3 Å². The Bertz CT molecular complexity index is 871. The van der Waals surface area contributed by atoms with Crippen molar-refractivity contribution in [3.05, 3.63) is 35.4 Å². The Hall–Kier alpha value is -0.523. The maximum absolute atomic E-state index is 12.0. The topological polar surface area (TPSA) is 76.7 Å². The third-order valence-corrected chi connectivity index (χ3v) is 10.2. The third-order valence-electron chi connectivity index (χ3n) is 9.52. The molecule has 8 heteroatoms.